The molecule has 0 aromatic carbocycles. The molecule has 1 aliphatic heterocycles. The highest BCUT2D eigenvalue weighted by Gasteiger charge is 2.55. The largest absolute Gasteiger partial charge is 0.373 e. The third-order valence-electron chi connectivity index (χ3n) is 2.09. The monoisotopic (exact) mass is 116 g/mol. The highest BCUT2D eigenvalue weighted by atomic mass is 16.3. The minimum absolute atomic E-state index is 0.243. The average Bonchev–Trinajstić information content (AvgIpc) is 2.22. The second-order valence-corrected chi connectivity index (χ2v) is 2.37. The van der Waals surface area contributed by atoms with E-state index in [2.05, 4.69) is 0 Å². The van der Waals surface area contributed by atoms with Crippen LogP contribution in [0.3, 0.4) is 0 Å². The zero-order chi connectivity index (χ0) is 6.36. The van der Waals surface area contributed by atoms with Gasteiger partial charge in [0.05, 0.1) is 6.04 Å². The Hall–Kier alpha value is -0.120. The molecular weight excluding hydrogens is 104 g/mol. The summed E-state index contributed by atoms with van der Waals surface area (Å²) in [6, 6.07) is 0.243. The second kappa shape index (κ2) is 1.43. The Morgan fingerprint density at radius 2 is 2.25 bits per heavy atom. The SMILES string of the molecule is C[C@@H]1N(C)C1(O)CN. The number of nitrogens with two attached hydrogens (primary N) is 1. The van der Waals surface area contributed by atoms with Crippen molar-refractivity contribution in [3.8, 4) is 0 Å². The summed E-state index contributed by atoms with van der Waals surface area (Å²) < 4.78 is 0. The topological polar surface area (TPSA) is 49.3 Å². The van der Waals surface area contributed by atoms with Crippen molar-refractivity contribution in [2.75, 3.05) is 13.6 Å². The summed E-state index contributed by atoms with van der Waals surface area (Å²) in [5.74, 6) is 0. The number of aliphatic hydroxyl groups is 1. The Labute approximate surface area is 49.1 Å². The third-order valence-corrected chi connectivity index (χ3v) is 2.09. The van der Waals surface area contributed by atoms with Gasteiger partial charge in [0.15, 0.2) is 0 Å². The van der Waals surface area contributed by atoms with Gasteiger partial charge < -0.3 is 10.8 Å². The molecule has 0 aromatic rings. The van der Waals surface area contributed by atoms with Crippen LogP contribution >= 0.6 is 0 Å². The first-order valence-electron chi connectivity index (χ1n) is 2.78. The van der Waals surface area contributed by atoms with Gasteiger partial charge >= 0.3 is 0 Å². The van der Waals surface area contributed by atoms with Crippen molar-refractivity contribution in [2.45, 2.75) is 18.7 Å². The van der Waals surface area contributed by atoms with Gasteiger partial charge in [-0.25, -0.2) is 0 Å². The molecule has 0 aliphatic carbocycles. The van der Waals surface area contributed by atoms with Crippen LogP contribution in [-0.4, -0.2) is 35.4 Å². The highest BCUT2D eigenvalue weighted by molar-refractivity contribution is 5.04. The minimum atomic E-state index is -0.681. The molecule has 0 aromatic heterocycles. The fourth-order valence-corrected chi connectivity index (χ4v) is 0.948. The summed E-state index contributed by atoms with van der Waals surface area (Å²) in [5.41, 5.74) is 4.58. The van der Waals surface area contributed by atoms with Gasteiger partial charge in [0.2, 0.25) is 0 Å². The van der Waals surface area contributed by atoms with E-state index in [1.165, 1.54) is 0 Å². The first-order valence-corrected chi connectivity index (χ1v) is 2.78. The van der Waals surface area contributed by atoms with E-state index in [1.54, 1.807) is 0 Å². The maximum absolute atomic E-state index is 9.28. The summed E-state index contributed by atoms with van der Waals surface area (Å²) in [4.78, 5) is 1.84. The highest BCUT2D eigenvalue weighted by Crippen LogP contribution is 2.34. The predicted octanol–water partition coefficient (Wildman–Crippen LogP) is -1.03. The van der Waals surface area contributed by atoms with Gasteiger partial charge in [-0.2, -0.15) is 0 Å². The number of nitrogens with zero attached hydrogens (tertiary/aromatic N) is 1. The molecule has 8 heavy (non-hydrogen) atoms. The summed E-state index contributed by atoms with van der Waals surface area (Å²) in [7, 11) is 1.86. The number of rotatable bonds is 1. The normalized spacial score (nSPS) is 54.0. The van der Waals surface area contributed by atoms with E-state index in [4.69, 9.17) is 5.73 Å². The van der Waals surface area contributed by atoms with E-state index in [-0.39, 0.29) is 6.04 Å². The van der Waals surface area contributed by atoms with Gasteiger partial charge in [-0.15, -0.1) is 0 Å². The van der Waals surface area contributed by atoms with Gasteiger partial charge in [-0.3, -0.25) is 4.90 Å². The van der Waals surface area contributed by atoms with E-state index in [9.17, 15) is 5.11 Å². The molecule has 1 aliphatic rings. The zero-order valence-corrected chi connectivity index (χ0v) is 5.26. The average molecular weight is 116 g/mol. The standard InChI is InChI=1S/C5H12N2O/c1-4-5(8,3-6)7(4)2/h4,8H,3,6H2,1-2H3/t4-,5?,7?/m0/s1. The van der Waals surface area contributed by atoms with Crippen molar-refractivity contribution < 1.29 is 5.11 Å². The second-order valence-electron chi connectivity index (χ2n) is 2.37. The first-order chi connectivity index (χ1) is 3.63. The lowest BCUT2D eigenvalue weighted by molar-refractivity contribution is 0.104. The van der Waals surface area contributed by atoms with Crippen LogP contribution in [0, 0.1) is 0 Å². The van der Waals surface area contributed by atoms with E-state index >= 15 is 0 Å². The molecule has 1 saturated heterocycles. The fourth-order valence-electron chi connectivity index (χ4n) is 0.948. The molecular formula is C5H12N2O. The smallest absolute Gasteiger partial charge is 0.146 e. The van der Waals surface area contributed by atoms with Crippen molar-refractivity contribution in [3.63, 3.8) is 0 Å². The van der Waals surface area contributed by atoms with Crippen molar-refractivity contribution in [2.24, 2.45) is 5.73 Å². The Morgan fingerprint density at radius 1 is 1.88 bits per heavy atom. The Morgan fingerprint density at radius 3 is 2.25 bits per heavy atom. The van der Waals surface area contributed by atoms with Gasteiger partial charge in [0.25, 0.3) is 0 Å². The number of likely N-dealkylation sites (N-methyl/N-ethyl adjacent to an activating group) is 1. The Bertz CT molecular complexity index is 96.6. The molecule has 3 N–H and O–H groups in total. The van der Waals surface area contributed by atoms with Crippen molar-refractivity contribution >= 4 is 0 Å². The van der Waals surface area contributed by atoms with Crippen LogP contribution in [0.2, 0.25) is 0 Å². The molecule has 1 rings (SSSR count). The maximum Gasteiger partial charge on any atom is 0.146 e. The van der Waals surface area contributed by atoms with Crippen LogP contribution in [0.5, 0.6) is 0 Å². The lowest BCUT2D eigenvalue weighted by Gasteiger charge is -2.01. The first kappa shape index (κ1) is 6.01. The van der Waals surface area contributed by atoms with Crippen LogP contribution in [0.1, 0.15) is 6.92 Å². The van der Waals surface area contributed by atoms with Gasteiger partial charge in [-0.1, -0.05) is 0 Å². The van der Waals surface area contributed by atoms with Crippen LogP contribution in [-0.2, 0) is 0 Å². The molecule has 3 nitrogen and oxygen atoms in total. The van der Waals surface area contributed by atoms with Crippen LogP contribution < -0.4 is 5.73 Å². The molecule has 0 radical (unpaired) electrons. The van der Waals surface area contributed by atoms with Crippen LogP contribution in [0.15, 0.2) is 0 Å². The maximum atomic E-state index is 9.28. The summed E-state index contributed by atoms with van der Waals surface area (Å²) >= 11 is 0. The number of hydrogen-bond donors (Lipinski definition) is 2. The fraction of sp³-hybridized carbons (Fsp3) is 1.00. The molecule has 3 heteroatoms. The number of hydrogen-bond acceptors (Lipinski definition) is 3. The molecule has 1 heterocycles. The van der Waals surface area contributed by atoms with Crippen molar-refractivity contribution in [1.82, 2.24) is 4.90 Å². The molecule has 0 bridgehead atoms. The molecule has 3 atom stereocenters. The molecule has 0 amide bonds. The van der Waals surface area contributed by atoms with Gasteiger partial charge in [-0.05, 0) is 14.0 Å². The summed E-state index contributed by atoms with van der Waals surface area (Å²) in [6.07, 6.45) is 0. The molecule has 0 saturated carbocycles. The van der Waals surface area contributed by atoms with E-state index < -0.39 is 5.72 Å². The van der Waals surface area contributed by atoms with Crippen LogP contribution in [0.25, 0.3) is 0 Å². The Balaban J connectivity index is 2.50. The van der Waals surface area contributed by atoms with Gasteiger partial charge in [0.1, 0.15) is 5.72 Å². The summed E-state index contributed by atoms with van der Waals surface area (Å²) in [6.45, 7) is 2.29. The molecule has 48 valence electrons. The van der Waals surface area contributed by atoms with E-state index in [1.807, 2.05) is 18.9 Å². The van der Waals surface area contributed by atoms with E-state index in [0.29, 0.717) is 6.54 Å². The minimum Gasteiger partial charge on any atom is -0.373 e. The predicted molar refractivity (Wildman–Crippen MR) is 31.2 cm³/mol. The zero-order valence-electron chi connectivity index (χ0n) is 5.26. The molecule has 0 spiro atoms. The lowest BCUT2D eigenvalue weighted by Crippen LogP contribution is -2.27. The quantitative estimate of drug-likeness (QED) is 0.430. The third kappa shape index (κ3) is 0.491. The Kier molecular flexibility index (Phi) is 1.08. The molecule has 1 fully saturated rings. The van der Waals surface area contributed by atoms with Crippen LogP contribution in [0.4, 0.5) is 0 Å². The van der Waals surface area contributed by atoms with Gasteiger partial charge in [0, 0.05) is 6.54 Å². The van der Waals surface area contributed by atoms with E-state index in [0.717, 1.165) is 0 Å². The van der Waals surface area contributed by atoms with Crippen molar-refractivity contribution in [1.29, 1.82) is 0 Å². The summed E-state index contributed by atoms with van der Waals surface area (Å²) in [5, 5.41) is 9.28. The lowest BCUT2D eigenvalue weighted by atomic mass is 10.3. The van der Waals surface area contributed by atoms with Crippen molar-refractivity contribution in [3.05, 3.63) is 0 Å². The molecule has 2 unspecified atom stereocenters.